The van der Waals surface area contributed by atoms with E-state index in [9.17, 15) is 10.1 Å². The summed E-state index contributed by atoms with van der Waals surface area (Å²) in [4.78, 5) is 12.6. The molecular weight excluding hydrogens is 476 g/mol. The number of aromatic nitrogens is 2. The first-order valence-electron chi connectivity index (χ1n) is 11.9. The summed E-state index contributed by atoms with van der Waals surface area (Å²) in [6.07, 6.45) is 4.38. The van der Waals surface area contributed by atoms with Crippen LogP contribution in [0.15, 0.2) is 48.0 Å². The molecule has 8 nitrogen and oxygen atoms in total. The first-order valence-corrected chi connectivity index (χ1v) is 12.7. The van der Waals surface area contributed by atoms with Crippen molar-refractivity contribution in [1.82, 2.24) is 10.2 Å². The van der Waals surface area contributed by atoms with E-state index < -0.39 is 5.91 Å². The monoisotopic (exact) mass is 506 g/mol. The van der Waals surface area contributed by atoms with Crippen molar-refractivity contribution in [3.8, 4) is 23.3 Å². The summed E-state index contributed by atoms with van der Waals surface area (Å²) in [6, 6.07) is 15.0. The van der Waals surface area contributed by atoms with Gasteiger partial charge >= 0.3 is 0 Å². The number of rotatable bonds is 13. The molecule has 0 aliphatic heterocycles. The van der Waals surface area contributed by atoms with Crippen molar-refractivity contribution in [1.29, 1.82) is 5.26 Å². The minimum atomic E-state index is -0.540. The number of nitrogens with one attached hydrogen (secondary N) is 1. The third kappa shape index (κ3) is 8.10. The van der Waals surface area contributed by atoms with Gasteiger partial charge in [0.2, 0.25) is 5.13 Å². The van der Waals surface area contributed by atoms with Crippen LogP contribution in [0.2, 0.25) is 0 Å². The SMILES string of the molecule is CCCCc1nnc(NC(=O)/C(C#N)=C\c2ccc(OCCOc3cccc(C)c3)c(OCC)c2)s1. The maximum atomic E-state index is 12.6. The number of aryl methyl sites for hydroxylation is 2. The fraction of sp³-hybridized carbons (Fsp3) is 0.333. The number of ether oxygens (including phenoxy) is 3. The van der Waals surface area contributed by atoms with Crippen molar-refractivity contribution < 1.29 is 19.0 Å². The number of anilines is 1. The van der Waals surface area contributed by atoms with Crippen LogP contribution in [-0.2, 0) is 11.2 Å². The summed E-state index contributed by atoms with van der Waals surface area (Å²) in [5, 5.41) is 21.5. The fourth-order valence-electron chi connectivity index (χ4n) is 3.23. The Kier molecular flexibility index (Phi) is 10.3. The topological polar surface area (TPSA) is 106 Å². The van der Waals surface area contributed by atoms with Gasteiger partial charge in [-0.3, -0.25) is 10.1 Å². The Hall–Kier alpha value is -3.90. The predicted octanol–water partition coefficient (Wildman–Crippen LogP) is 5.59. The first kappa shape index (κ1) is 26.7. The zero-order valence-corrected chi connectivity index (χ0v) is 21.6. The summed E-state index contributed by atoms with van der Waals surface area (Å²) < 4.78 is 17.3. The smallest absolute Gasteiger partial charge is 0.268 e. The van der Waals surface area contributed by atoms with Gasteiger partial charge in [-0.25, -0.2) is 0 Å². The van der Waals surface area contributed by atoms with Gasteiger partial charge in [0.25, 0.3) is 5.91 Å². The second-order valence-electron chi connectivity index (χ2n) is 7.88. The van der Waals surface area contributed by atoms with Gasteiger partial charge in [-0.1, -0.05) is 42.9 Å². The lowest BCUT2D eigenvalue weighted by molar-refractivity contribution is -0.112. The van der Waals surface area contributed by atoms with Gasteiger partial charge in [-0.2, -0.15) is 5.26 Å². The normalized spacial score (nSPS) is 11.0. The number of nitriles is 1. The van der Waals surface area contributed by atoms with E-state index in [4.69, 9.17) is 14.2 Å². The van der Waals surface area contributed by atoms with E-state index in [1.165, 1.54) is 17.4 Å². The molecule has 2 aromatic carbocycles. The summed E-state index contributed by atoms with van der Waals surface area (Å²) in [5.74, 6) is 1.32. The highest BCUT2D eigenvalue weighted by Crippen LogP contribution is 2.29. The Labute approximate surface area is 215 Å². The van der Waals surface area contributed by atoms with Crippen LogP contribution in [0.5, 0.6) is 17.2 Å². The van der Waals surface area contributed by atoms with Crippen LogP contribution in [0.25, 0.3) is 6.08 Å². The number of amides is 1. The second kappa shape index (κ2) is 13.9. The number of benzene rings is 2. The van der Waals surface area contributed by atoms with E-state index in [-0.39, 0.29) is 5.57 Å². The van der Waals surface area contributed by atoms with Gasteiger partial charge in [0.05, 0.1) is 6.61 Å². The molecular formula is C27H30N4O4S. The predicted molar refractivity (Wildman–Crippen MR) is 141 cm³/mol. The number of unbranched alkanes of at least 4 members (excludes halogenated alkanes) is 1. The Morgan fingerprint density at radius 2 is 1.92 bits per heavy atom. The van der Waals surface area contributed by atoms with Crippen molar-refractivity contribution in [2.75, 3.05) is 25.1 Å². The fourth-order valence-corrected chi connectivity index (χ4v) is 4.01. The van der Waals surface area contributed by atoms with E-state index in [2.05, 4.69) is 22.4 Å². The highest BCUT2D eigenvalue weighted by atomic mass is 32.1. The molecule has 0 bridgehead atoms. The van der Waals surface area contributed by atoms with E-state index in [1.807, 2.05) is 44.2 Å². The molecule has 3 rings (SSSR count). The summed E-state index contributed by atoms with van der Waals surface area (Å²) in [6.45, 7) is 7.13. The van der Waals surface area contributed by atoms with Crippen molar-refractivity contribution in [2.24, 2.45) is 0 Å². The molecule has 1 amide bonds. The molecule has 0 atom stereocenters. The number of carbonyl (C=O) groups excluding carboxylic acids is 1. The molecule has 0 unspecified atom stereocenters. The van der Waals surface area contributed by atoms with Crippen LogP contribution in [-0.4, -0.2) is 35.9 Å². The lowest BCUT2D eigenvalue weighted by Gasteiger charge is -2.13. The number of hydrogen-bond donors (Lipinski definition) is 1. The number of carbonyl (C=O) groups is 1. The highest BCUT2D eigenvalue weighted by Gasteiger charge is 2.14. The minimum absolute atomic E-state index is 0.0528. The molecule has 9 heteroatoms. The average molecular weight is 507 g/mol. The molecule has 3 aromatic rings. The molecule has 0 radical (unpaired) electrons. The largest absolute Gasteiger partial charge is 0.490 e. The average Bonchev–Trinajstić information content (AvgIpc) is 3.32. The zero-order valence-electron chi connectivity index (χ0n) is 20.7. The van der Waals surface area contributed by atoms with Gasteiger partial charge in [-0.05, 0) is 61.7 Å². The van der Waals surface area contributed by atoms with Crippen LogP contribution >= 0.6 is 11.3 Å². The van der Waals surface area contributed by atoms with Crippen LogP contribution < -0.4 is 19.5 Å². The highest BCUT2D eigenvalue weighted by molar-refractivity contribution is 7.15. The van der Waals surface area contributed by atoms with Gasteiger partial charge in [0, 0.05) is 6.42 Å². The third-order valence-corrected chi connectivity index (χ3v) is 5.87. The quantitative estimate of drug-likeness (QED) is 0.183. The molecule has 1 N–H and O–H groups in total. The third-order valence-electron chi connectivity index (χ3n) is 4.97. The molecule has 36 heavy (non-hydrogen) atoms. The number of hydrogen-bond acceptors (Lipinski definition) is 8. The van der Waals surface area contributed by atoms with Gasteiger partial charge in [0.1, 0.15) is 35.6 Å². The molecule has 0 aliphatic carbocycles. The molecule has 0 spiro atoms. The zero-order chi connectivity index (χ0) is 25.8. The van der Waals surface area contributed by atoms with E-state index in [0.717, 1.165) is 35.6 Å². The van der Waals surface area contributed by atoms with Crippen LogP contribution in [0.4, 0.5) is 5.13 Å². The Bertz CT molecular complexity index is 1230. The van der Waals surface area contributed by atoms with E-state index >= 15 is 0 Å². The van der Waals surface area contributed by atoms with Crippen LogP contribution in [0.3, 0.4) is 0 Å². The van der Waals surface area contributed by atoms with E-state index in [0.29, 0.717) is 42.0 Å². The van der Waals surface area contributed by atoms with Crippen molar-refractivity contribution >= 4 is 28.5 Å². The molecule has 0 saturated heterocycles. The Balaban J connectivity index is 1.63. The molecule has 0 aliphatic rings. The first-order chi connectivity index (χ1) is 17.5. The summed E-state index contributed by atoms with van der Waals surface area (Å²) >= 11 is 1.32. The molecule has 1 heterocycles. The standard InChI is InChI=1S/C27H30N4O4S/c1-4-6-10-25-30-31-27(36-25)29-26(32)21(18-28)16-20-11-12-23(24(17-20)33-5-2)35-14-13-34-22-9-7-8-19(3)15-22/h7-9,11-12,15-17H,4-6,10,13-14H2,1-3H3,(H,29,31,32)/b21-16-. The van der Waals surface area contributed by atoms with Crippen LogP contribution in [0.1, 0.15) is 42.8 Å². The Morgan fingerprint density at radius 1 is 1.08 bits per heavy atom. The van der Waals surface area contributed by atoms with E-state index in [1.54, 1.807) is 18.2 Å². The van der Waals surface area contributed by atoms with Gasteiger partial charge < -0.3 is 14.2 Å². The second-order valence-corrected chi connectivity index (χ2v) is 8.94. The maximum absolute atomic E-state index is 12.6. The van der Waals surface area contributed by atoms with Crippen LogP contribution in [0, 0.1) is 18.3 Å². The molecule has 0 saturated carbocycles. The van der Waals surface area contributed by atoms with Gasteiger partial charge in [-0.15, -0.1) is 10.2 Å². The summed E-state index contributed by atoms with van der Waals surface area (Å²) in [7, 11) is 0. The summed E-state index contributed by atoms with van der Waals surface area (Å²) in [5.41, 5.74) is 1.71. The molecule has 188 valence electrons. The number of nitrogens with zero attached hydrogens (tertiary/aromatic N) is 3. The molecule has 1 aromatic heterocycles. The lowest BCUT2D eigenvalue weighted by Crippen LogP contribution is -2.13. The Morgan fingerprint density at radius 3 is 2.67 bits per heavy atom. The van der Waals surface area contributed by atoms with Crippen molar-refractivity contribution in [3.63, 3.8) is 0 Å². The molecule has 0 fully saturated rings. The lowest BCUT2D eigenvalue weighted by atomic mass is 10.1. The minimum Gasteiger partial charge on any atom is -0.490 e. The van der Waals surface area contributed by atoms with Crippen molar-refractivity contribution in [3.05, 3.63) is 64.2 Å². The van der Waals surface area contributed by atoms with Crippen molar-refractivity contribution in [2.45, 2.75) is 40.0 Å². The van der Waals surface area contributed by atoms with Gasteiger partial charge in [0.15, 0.2) is 11.5 Å². The maximum Gasteiger partial charge on any atom is 0.268 e.